The van der Waals surface area contributed by atoms with Gasteiger partial charge in [0.15, 0.2) is 5.76 Å². The van der Waals surface area contributed by atoms with Crippen LogP contribution in [-0.4, -0.2) is 11.6 Å². The van der Waals surface area contributed by atoms with Gasteiger partial charge in [-0.05, 0) is 30.2 Å². The van der Waals surface area contributed by atoms with Gasteiger partial charge in [0.2, 0.25) is 0 Å². The number of hydrogen-bond donors (Lipinski definition) is 1. The molecule has 0 radical (unpaired) electrons. The standard InChI is InChI=1S/C10H8F2N2O2.C4H10/c11-9(12)15-7-3-1-6(2-4-7)8-5-14-10(13)16-8;1-4(2)3/h1-5,9H,(H2,13,14);4H,1-3H3. The minimum Gasteiger partial charge on any atom is -0.435 e. The second-order valence-electron chi connectivity index (χ2n) is 4.70. The van der Waals surface area contributed by atoms with Crippen LogP contribution in [0.3, 0.4) is 0 Å². The molecular weight excluding hydrogens is 266 g/mol. The molecule has 20 heavy (non-hydrogen) atoms. The van der Waals surface area contributed by atoms with Gasteiger partial charge in [-0.2, -0.15) is 8.78 Å². The Morgan fingerprint density at radius 2 is 1.70 bits per heavy atom. The average Bonchev–Trinajstić information content (AvgIpc) is 2.75. The minimum absolute atomic E-state index is 0.0582. The Hall–Kier alpha value is -2.11. The van der Waals surface area contributed by atoms with E-state index in [9.17, 15) is 8.78 Å². The third-order valence-electron chi connectivity index (χ3n) is 1.89. The number of nitrogens with two attached hydrogens (primary N) is 1. The van der Waals surface area contributed by atoms with Crippen molar-refractivity contribution in [2.75, 3.05) is 5.73 Å². The molecule has 2 rings (SSSR count). The van der Waals surface area contributed by atoms with E-state index < -0.39 is 6.61 Å². The fourth-order valence-electron chi connectivity index (χ4n) is 1.22. The quantitative estimate of drug-likeness (QED) is 0.918. The maximum absolute atomic E-state index is 11.9. The van der Waals surface area contributed by atoms with Crippen LogP contribution in [0.2, 0.25) is 0 Å². The highest BCUT2D eigenvalue weighted by atomic mass is 19.3. The lowest BCUT2D eigenvalue weighted by Gasteiger charge is -2.04. The zero-order valence-electron chi connectivity index (χ0n) is 11.6. The summed E-state index contributed by atoms with van der Waals surface area (Å²) in [6.07, 6.45) is 1.46. The van der Waals surface area contributed by atoms with Crippen molar-refractivity contribution in [1.29, 1.82) is 0 Å². The largest absolute Gasteiger partial charge is 0.435 e. The predicted molar refractivity (Wildman–Crippen MR) is 73.5 cm³/mol. The monoisotopic (exact) mass is 284 g/mol. The molecule has 0 atom stereocenters. The molecule has 4 nitrogen and oxygen atoms in total. The van der Waals surface area contributed by atoms with Crippen LogP contribution in [0.5, 0.6) is 5.75 Å². The van der Waals surface area contributed by atoms with E-state index in [2.05, 4.69) is 30.5 Å². The molecule has 110 valence electrons. The van der Waals surface area contributed by atoms with Crippen molar-refractivity contribution in [3.63, 3.8) is 0 Å². The van der Waals surface area contributed by atoms with Gasteiger partial charge in [0, 0.05) is 5.56 Å². The summed E-state index contributed by atoms with van der Waals surface area (Å²) in [5.74, 6) is 1.40. The molecule has 6 heteroatoms. The number of oxazole rings is 1. The number of alkyl halides is 2. The molecule has 0 aliphatic heterocycles. The van der Waals surface area contributed by atoms with Crippen LogP contribution < -0.4 is 10.5 Å². The Bertz CT molecular complexity index is 507. The van der Waals surface area contributed by atoms with Gasteiger partial charge in [-0.1, -0.05) is 20.8 Å². The molecule has 0 saturated heterocycles. The lowest BCUT2D eigenvalue weighted by molar-refractivity contribution is -0.0498. The Labute approximate surface area is 116 Å². The van der Waals surface area contributed by atoms with Gasteiger partial charge in [0.05, 0.1) is 6.20 Å². The number of halogens is 2. The van der Waals surface area contributed by atoms with Gasteiger partial charge in [-0.25, -0.2) is 4.98 Å². The van der Waals surface area contributed by atoms with Crippen molar-refractivity contribution in [2.24, 2.45) is 5.92 Å². The fourth-order valence-corrected chi connectivity index (χ4v) is 1.22. The van der Waals surface area contributed by atoms with Crippen LogP contribution in [0.15, 0.2) is 34.9 Å². The number of rotatable bonds is 3. The van der Waals surface area contributed by atoms with E-state index in [4.69, 9.17) is 10.2 Å². The molecule has 2 aromatic rings. The van der Waals surface area contributed by atoms with Gasteiger partial charge in [0.1, 0.15) is 5.75 Å². The van der Waals surface area contributed by atoms with Crippen molar-refractivity contribution >= 4 is 6.01 Å². The molecule has 1 aromatic carbocycles. The molecule has 0 spiro atoms. The number of nitrogen functional groups attached to an aromatic ring is 1. The van der Waals surface area contributed by atoms with Crippen molar-refractivity contribution in [2.45, 2.75) is 27.4 Å². The summed E-state index contributed by atoms with van der Waals surface area (Å²) < 4.78 is 33.0. The van der Waals surface area contributed by atoms with Gasteiger partial charge in [-0.15, -0.1) is 0 Å². The first-order chi connectivity index (χ1) is 9.38. The summed E-state index contributed by atoms with van der Waals surface area (Å²) in [7, 11) is 0. The molecule has 0 fully saturated rings. The molecule has 2 N–H and O–H groups in total. The van der Waals surface area contributed by atoms with E-state index in [1.165, 1.54) is 18.3 Å². The molecule has 1 heterocycles. The maximum Gasteiger partial charge on any atom is 0.387 e. The van der Waals surface area contributed by atoms with Crippen LogP contribution >= 0.6 is 0 Å². The van der Waals surface area contributed by atoms with Crippen LogP contribution in [-0.2, 0) is 0 Å². The Morgan fingerprint density at radius 3 is 2.10 bits per heavy atom. The number of anilines is 1. The van der Waals surface area contributed by atoms with E-state index in [0.717, 1.165) is 5.92 Å². The molecule has 1 aromatic heterocycles. The smallest absolute Gasteiger partial charge is 0.387 e. The summed E-state index contributed by atoms with van der Waals surface area (Å²) in [5, 5.41) is 0. The summed E-state index contributed by atoms with van der Waals surface area (Å²) in [5.41, 5.74) is 6.00. The second kappa shape index (κ2) is 7.47. The van der Waals surface area contributed by atoms with Gasteiger partial charge in [-0.3, -0.25) is 0 Å². The topological polar surface area (TPSA) is 61.3 Å². The lowest BCUT2D eigenvalue weighted by Crippen LogP contribution is -2.01. The molecule has 0 bridgehead atoms. The molecule has 0 saturated carbocycles. The van der Waals surface area contributed by atoms with Crippen molar-refractivity contribution in [3.05, 3.63) is 30.5 Å². The Morgan fingerprint density at radius 1 is 1.15 bits per heavy atom. The predicted octanol–water partition coefficient (Wildman–Crippen LogP) is 4.19. The van der Waals surface area contributed by atoms with Crippen molar-refractivity contribution in [1.82, 2.24) is 4.98 Å². The Balaban J connectivity index is 0.000000444. The highest BCUT2D eigenvalue weighted by Gasteiger charge is 2.06. The minimum atomic E-state index is -2.83. The van der Waals surface area contributed by atoms with Crippen molar-refractivity contribution < 1.29 is 17.9 Å². The van der Waals surface area contributed by atoms with Crippen LogP contribution in [0, 0.1) is 5.92 Å². The van der Waals surface area contributed by atoms with Crippen molar-refractivity contribution in [3.8, 4) is 17.1 Å². The summed E-state index contributed by atoms with van der Waals surface area (Å²) >= 11 is 0. The van der Waals surface area contributed by atoms with Gasteiger partial charge < -0.3 is 14.9 Å². The molecule has 0 aliphatic carbocycles. The highest BCUT2D eigenvalue weighted by molar-refractivity contribution is 5.58. The molecule has 0 unspecified atom stereocenters. The van der Waals surface area contributed by atoms with E-state index >= 15 is 0 Å². The third kappa shape index (κ3) is 5.69. The summed E-state index contributed by atoms with van der Waals surface area (Å²) in [6, 6.07) is 6.05. The fraction of sp³-hybridized carbons (Fsp3) is 0.357. The lowest BCUT2D eigenvalue weighted by atomic mass is 10.2. The first kappa shape index (κ1) is 15.9. The van der Waals surface area contributed by atoms with E-state index in [0.29, 0.717) is 11.3 Å². The number of hydrogen-bond acceptors (Lipinski definition) is 4. The number of ether oxygens (including phenoxy) is 1. The number of nitrogens with zero attached hydrogens (tertiary/aromatic N) is 1. The van der Waals surface area contributed by atoms with Crippen LogP contribution in [0.25, 0.3) is 11.3 Å². The zero-order chi connectivity index (χ0) is 15.1. The SMILES string of the molecule is CC(C)C.Nc1ncc(-c2ccc(OC(F)F)cc2)o1. The summed E-state index contributed by atoms with van der Waals surface area (Å²) in [4.78, 5) is 3.72. The third-order valence-corrected chi connectivity index (χ3v) is 1.89. The average molecular weight is 284 g/mol. The van der Waals surface area contributed by atoms with Crippen LogP contribution in [0.4, 0.5) is 14.8 Å². The van der Waals surface area contributed by atoms with Gasteiger partial charge in [0.25, 0.3) is 6.01 Å². The highest BCUT2D eigenvalue weighted by Crippen LogP contribution is 2.24. The molecular formula is C14H18F2N2O2. The van der Waals surface area contributed by atoms with E-state index in [1.54, 1.807) is 12.1 Å². The number of benzene rings is 1. The molecule has 0 amide bonds. The number of aromatic nitrogens is 1. The first-order valence-corrected chi connectivity index (χ1v) is 6.15. The van der Waals surface area contributed by atoms with Gasteiger partial charge >= 0.3 is 6.61 Å². The molecule has 0 aliphatic rings. The van der Waals surface area contributed by atoms with Crippen LogP contribution in [0.1, 0.15) is 20.8 Å². The van der Waals surface area contributed by atoms with E-state index in [1.807, 2.05) is 0 Å². The Kier molecular flexibility index (Phi) is 5.96. The normalized spacial score (nSPS) is 10.3. The first-order valence-electron chi connectivity index (χ1n) is 6.15. The second-order valence-corrected chi connectivity index (χ2v) is 4.70. The maximum atomic E-state index is 11.9. The van der Waals surface area contributed by atoms with E-state index in [-0.39, 0.29) is 11.8 Å². The zero-order valence-corrected chi connectivity index (χ0v) is 11.6. The summed E-state index contributed by atoms with van der Waals surface area (Å²) in [6.45, 7) is 3.67.